The van der Waals surface area contributed by atoms with E-state index in [9.17, 15) is 4.79 Å². The van der Waals surface area contributed by atoms with Crippen molar-refractivity contribution in [3.8, 4) is 0 Å². The first kappa shape index (κ1) is 24.1. The number of aryl methyl sites for hydroxylation is 2. The second-order valence-electron chi connectivity index (χ2n) is 6.58. The van der Waals surface area contributed by atoms with Crippen LogP contribution in [0.5, 0.6) is 0 Å². The highest BCUT2D eigenvalue weighted by atomic mass is 16.5. The number of ether oxygens (including phenoxy) is 1. The maximum Gasteiger partial charge on any atom is 0.319 e. The van der Waals surface area contributed by atoms with Crippen molar-refractivity contribution in [1.29, 1.82) is 0 Å². The lowest BCUT2D eigenvalue weighted by Gasteiger charge is -2.13. The molecule has 0 aliphatic heterocycles. The molecule has 0 aliphatic rings. The summed E-state index contributed by atoms with van der Waals surface area (Å²) in [6.45, 7) is 11.8. The van der Waals surface area contributed by atoms with Gasteiger partial charge in [-0.1, -0.05) is 32.0 Å². The summed E-state index contributed by atoms with van der Waals surface area (Å²) in [6, 6.07) is 9.06. The topological polar surface area (TPSA) is 119 Å². The highest BCUT2D eigenvalue weighted by Gasteiger charge is 2.18. The molecular formula is C22H33N7O2. The fourth-order valence-corrected chi connectivity index (χ4v) is 3.14. The van der Waals surface area contributed by atoms with Crippen LogP contribution in [0, 0.1) is 13.8 Å². The number of rotatable bonds is 8. The van der Waals surface area contributed by atoms with Crippen molar-refractivity contribution in [3.63, 3.8) is 0 Å². The van der Waals surface area contributed by atoms with Crippen LogP contribution in [0.1, 0.15) is 37.9 Å². The molecule has 2 heterocycles. The average Bonchev–Trinajstić information content (AvgIpc) is 3.15. The molecule has 0 fully saturated rings. The number of hydrogen-bond acceptors (Lipinski definition) is 6. The number of nitrogens with one attached hydrogen (secondary N) is 3. The molecule has 168 valence electrons. The maximum absolute atomic E-state index is 12.2. The standard InChI is InChI=1S/C20H27N7O2.C2H6/c1-4-29-12-16-25-17-18(13(2)14(3)23-19(17)26-21)27(16)11-10-22-20(28)24-15-8-6-5-7-9-15;1-2/h5-9H,4,10-12,21H2,1-3H3,(H,23,26)(H2,22,24,28);1-2H3. The van der Waals surface area contributed by atoms with Crippen LogP contribution in [0.15, 0.2) is 30.3 Å². The van der Waals surface area contributed by atoms with Gasteiger partial charge in [-0.2, -0.15) is 0 Å². The lowest BCUT2D eigenvalue weighted by Crippen LogP contribution is -2.31. The van der Waals surface area contributed by atoms with E-state index < -0.39 is 0 Å². The van der Waals surface area contributed by atoms with Gasteiger partial charge >= 0.3 is 6.03 Å². The lowest BCUT2D eigenvalue weighted by atomic mass is 10.2. The van der Waals surface area contributed by atoms with E-state index in [1.54, 1.807) is 0 Å². The monoisotopic (exact) mass is 427 g/mol. The van der Waals surface area contributed by atoms with Crippen LogP contribution in [0.2, 0.25) is 0 Å². The van der Waals surface area contributed by atoms with Gasteiger partial charge in [0.2, 0.25) is 0 Å². The number of amides is 2. The molecule has 0 radical (unpaired) electrons. The number of anilines is 2. The van der Waals surface area contributed by atoms with Crippen LogP contribution < -0.4 is 21.9 Å². The number of para-hydroxylation sites is 1. The van der Waals surface area contributed by atoms with E-state index in [-0.39, 0.29) is 6.03 Å². The molecule has 9 nitrogen and oxygen atoms in total. The SMILES string of the molecule is CC.CCOCc1nc2c(NN)nc(C)c(C)c2n1CCNC(=O)Nc1ccccc1. The van der Waals surface area contributed by atoms with Crippen molar-refractivity contribution in [3.05, 3.63) is 47.4 Å². The fourth-order valence-electron chi connectivity index (χ4n) is 3.14. The van der Waals surface area contributed by atoms with Gasteiger partial charge in [0.15, 0.2) is 5.82 Å². The van der Waals surface area contributed by atoms with E-state index in [1.165, 1.54) is 0 Å². The number of imidazole rings is 1. The van der Waals surface area contributed by atoms with Gasteiger partial charge in [-0.25, -0.2) is 20.6 Å². The summed E-state index contributed by atoms with van der Waals surface area (Å²) in [5.74, 6) is 6.93. The normalized spacial score (nSPS) is 10.4. The molecule has 2 aromatic heterocycles. The van der Waals surface area contributed by atoms with Crippen molar-refractivity contribution in [1.82, 2.24) is 19.9 Å². The number of fused-ring (bicyclic) bond motifs is 1. The minimum atomic E-state index is -0.258. The Morgan fingerprint density at radius 2 is 1.87 bits per heavy atom. The zero-order chi connectivity index (χ0) is 22.8. The van der Waals surface area contributed by atoms with E-state index in [0.717, 1.165) is 28.3 Å². The van der Waals surface area contributed by atoms with Crippen LogP contribution >= 0.6 is 0 Å². The summed E-state index contributed by atoms with van der Waals surface area (Å²) in [4.78, 5) is 21.3. The maximum atomic E-state index is 12.2. The molecule has 31 heavy (non-hydrogen) atoms. The minimum absolute atomic E-state index is 0.258. The molecule has 0 saturated carbocycles. The van der Waals surface area contributed by atoms with Gasteiger partial charge < -0.3 is 25.4 Å². The quantitative estimate of drug-likeness (QED) is 0.321. The highest BCUT2D eigenvalue weighted by Crippen LogP contribution is 2.27. The predicted octanol–water partition coefficient (Wildman–Crippen LogP) is 3.72. The van der Waals surface area contributed by atoms with E-state index in [0.29, 0.717) is 37.6 Å². The number of hydrogen-bond donors (Lipinski definition) is 4. The van der Waals surface area contributed by atoms with Gasteiger partial charge in [0.25, 0.3) is 0 Å². The molecule has 0 spiro atoms. The summed E-state index contributed by atoms with van der Waals surface area (Å²) >= 11 is 0. The number of pyridine rings is 1. The van der Waals surface area contributed by atoms with Crippen molar-refractivity contribution >= 4 is 28.6 Å². The molecule has 3 rings (SSSR count). The Bertz CT molecular complexity index is 987. The Hall–Kier alpha value is -3.17. The minimum Gasteiger partial charge on any atom is -0.374 e. The number of hydrazine groups is 1. The number of nitrogens with two attached hydrogens (primary N) is 1. The van der Waals surface area contributed by atoms with Gasteiger partial charge in [0.1, 0.15) is 17.9 Å². The zero-order valence-electron chi connectivity index (χ0n) is 19.0. The predicted molar refractivity (Wildman–Crippen MR) is 125 cm³/mol. The summed E-state index contributed by atoms with van der Waals surface area (Å²) in [7, 11) is 0. The van der Waals surface area contributed by atoms with Gasteiger partial charge in [-0.05, 0) is 38.5 Å². The third-order valence-corrected chi connectivity index (χ3v) is 4.67. The van der Waals surface area contributed by atoms with Crippen LogP contribution in [-0.2, 0) is 17.9 Å². The van der Waals surface area contributed by atoms with Gasteiger partial charge in [-0.15, -0.1) is 0 Å². The van der Waals surface area contributed by atoms with Crippen LogP contribution in [0.25, 0.3) is 11.0 Å². The summed E-state index contributed by atoms with van der Waals surface area (Å²) in [5, 5.41) is 5.70. The van der Waals surface area contributed by atoms with E-state index in [1.807, 2.05) is 65.0 Å². The molecule has 1 aromatic carbocycles. The number of carbonyl (C=O) groups is 1. The van der Waals surface area contributed by atoms with Crippen molar-refractivity contribution in [2.24, 2.45) is 5.84 Å². The second-order valence-corrected chi connectivity index (χ2v) is 6.58. The first-order valence-corrected chi connectivity index (χ1v) is 10.6. The van der Waals surface area contributed by atoms with E-state index in [2.05, 4.69) is 25.6 Å². The number of urea groups is 1. The molecule has 0 unspecified atom stereocenters. The Kier molecular flexibility index (Phi) is 9.23. The Balaban J connectivity index is 0.00000166. The van der Waals surface area contributed by atoms with E-state index >= 15 is 0 Å². The number of nitrogens with zero attached hydrogens (tertiary/aromatic N) is 3. The second kappa shape index (κ2) is 11.9. The highest BCUT2D eigenvalue weighted by molar-refractivity contribution is 5.90. The molecular weight excluding hydrogens is 394 g/mol. The van der Waals surface area contributed by atoms with E-state index in [4.69, 9.17) is 15.6 Å². The molecule has 3 aromatic rings. The van der Waals surface area contributed by atoms with Crippen molar-refractivity contribution in [2.75, 3.05) is 23.9 Å². The zero-order valence-corrected chi connectivity index (χ0v) is 19.0. The number of nitrogen functional groups attached to an aromatic ring is 1. The molecule has 0 bridgehead atoms. The smallest absolute Gasteiger partial charge is 0.319 e. The third-order valence-electron chi connectivity index (χ3n) is 4.67. The Morgan fingerprint density at radius 1 is 1.16 bits per heavy atom. The van der Waals surface area contributed by atoms with Gasteiger partial charge in [0, 0.05) is 31.1 Å². The van der Waals surface area contributed by atoms with Crippen LogP contribution in [0.3, 0.4) is 0 Å². The first-order valence-electron chi connectivity index (χ1n) is 10.6. The number of carbonyl (C=O) groups excluding carboxylic acids is 1. The summed E-state index contributed by atoms with van der Waals surface area (Å²) < 4.78 is 7.64. The van der Waals surface area contributed by atoms with Crippen molar-refractivity contribution < 1.29 is 9.53 Å². The Labute approximate surface area is 183 Å². The largest absolute Gasteiger partial charge is 0.374 e. The molecule has 0 aliphatic carbocycles. The molecule has 9 heteroatoms. The first-order chi connectivity index (χ1) is 15.0. The van der Waals surface area contributed by atoms with Crippen molar-refractivity contribution in [2.45, 2.75) is 47.8 Å². The Morgan fingerprint density at radius 3 is 2.52 bits per heavy atom. The third kappa shape index (κ3) is 5.93. The molecule has 0 saturated heterocycles. The number of aromatic nitrogens is 3. The summed E-state index contributed by atoms with van der Waals surface area (Å²) in [5.41, 5.74) is 6.88. The van der Waals surface area contributed by atoms with Gasteiger partial charge in [0.05, 0.1) is 5.52 Å². The fraction of sp³-hybridized carbons (Fsp3) is 0.409. The van der Waals surface area contributed by atoms with Crippen LogP contribution in [-0.4, -0.2) is 33.7 Å². The van der Waals surface area contributed by atoms with Gasteiger partial charge in [-0.3, -0.25) is 0 Å². The molecule has 5 N–H and O–H groups in total. The summed E-state index contributed by atoms with van der Waals surface area (Å²) in [6.07, 6.45) is 0. The molecule has 0 atom stereocenters. The number of benzene rings is 1. The average molecular weight is 428 g/mol. The van der Waals surface area contributed by atoms with Crippen LogP contribution in [0.4, 0.5) is 16.3 Å². The lowest BCUT2D eigenvalue weighted by molar-refractivity contribution is 0.126. The molecule has 2 amide bonds.